The summed E-state index contributed by atoms with van der Waals surface area (Å²) in [6.45, 7) is 7.47. The Morgan fingerprint density at radius 1 is 1.20 bits per heavy atom. The van der Waals surface area contributed by atoms with Crippen LogP contribution >= 0.6 is 11.3 Å². The average Bonchev–Trinajstić information content (AvgIpc) is 3.33. The predicted octanol–water partition coefficient (Wildman–Crippen LogP) is 2.61. The quantitative estimate of drug-likeness (QED) is 0.625. The number of amides is 1. The summed E-state index contributed by atoms with van der Waals surface area (Å²) in [5.74, 6) is -0.0932. The van der Waals surface area contributed by atoms with Crippen LogP contribution in [0.2, 0.25) is 0 Å². The minimum Gasteiger partial charge on any atom is -0.379 e. The highest BCUT2D eigenvalue weighted by molar-refractivity contribution is 7.15. The number of carbonyl (C=O) groups is 1. The van der Waals surface area contributed by atoms with Crippen LogP contribution in [-0.4, -0.2) is 57.1 Å². The molecular formula is C21H26N6O2S. The van der Waals surface area contributed by atoms with E-state index in [0.717, 1.165) is 48.0 Å². The molecule has 0 radical (unpaired) electrons. The first-order chi connectivity index (χ1) is 14.6. The summed E-state index contributed by atoms with van der Waals surface area (Å²) in [7, 11) is 0. The molecule has 1 aliphatic heterocycles. The Morgan fingerprint density at radius 2 is 1.97 bits per heavy atom. The second-order valence-corrected chi connectivity index (χ2v) is 8.41. The van der Waals surface area contributed by atoms with Gasteiger partial charge in [-0.3, -0.25) is 19.7 Å². The van der Waals surface area contributed by atoms with Crippen LogP contribution in [0.5, 0.6) is 0 Å². The Bertz CT molecular complexity index is 981. The number of hydrogen-bond acceptors (Lipinski definition) is 7. The summed E-state index contributed by atoms with van der Waals surface area (Å²) >= 11 is 1.41. The van der Waals surface area contributed by atoms with Crippen molar-refractivity contribution in [2.75, 3.05) is 31.6 Å². The Hall–Kier alpha value is -2.62. The van der Waals surface area contributed by atoms with E-state index in [1.165, 1.54) is 11.3 Å². The van der Waals surface area contributed by atoms with Crippen molar-refractivity contribution >= 4 is 22.4 Å². The number of carbonyl (C=O) groups excluding carboxylic acids is 1. The van der Waals surface area contributed by atoms with E-state index < -0.39 is 0 Å². The lowest BCUT2D eigenvalue weighted by Gasteiger charge is -2.33. The van der Waals surface area contributed by atoms with Gasteiger partial charge in [0.1, 0.15) is 11.0 Å². The molecular weight excluding hydrogens is 400 g/mol. The van der Waals surface area contributed by atoms with E-state index >= 15 is 0 Å². The van der Waals surface area contributed by atoms with Gasteiger partial charge < -0.3 is 4.74 Å². The standard InChI is InChI=1S/C21H26N6O2S/c1-15-14-16(2)27(25-15)9-8-18-23-24-21(30-18)22-20(28)19(17-6-4-3-5-7-17)26-10-12-29-13-11-26/h3-7,14,19H,8-13H2,1-2H3,(H,22,24,28)/t19-/m1/s1. The smallest absolute Gasteiger partial charge is 0.248 e. The minimum atomic E-state index is -0.378. The number of hydrogen-bond donors (Lipinski definition) is 1. The first kappa shape index (κ1) is 20.6. The molecule has 8 nitrogen and oxygen atoms in total. The third-order valence-electron chi connectivity index (χ3n) is 5.11. The van der Waals surface area contributed by atoms with Crippen molar-refractivity contribution in [1.29, 1.82) is 0 Å². The first-order valence-electron chi connectivity index (χ1n) is 10.1. The van der Waals surface area contributed by atoms with Gasteiger partial charge in [-0.25, -0.2) is 0 Å². The molecule has 0 aliphatic carbocycles. The summed E-state index contributed by atoms with van der Waals surface area (Å²) in [5, 5.41) is 17.3. The van der Waals surface area contributed by atoms with Gasteiger partial charge in [0, 0.05) is 31.7 Å². The first-order valence-corrected chi connectivity index (χ1v) is 10.9. The molecule has 9 heteroatoms. The predicted molar refractivity (Wildman–Crippen MR) is 116 cm³/mol. The zero-order chi connectivity index (χ0) is 20.9. The molecule has 3 heterocycles. The number of ether oxygens (including phenoxy) is 1. The van der Waals surface area contributed by atoms with Crippen LogP contribution in [0.15, 0.2) is 36.4 Å². The molecule has 30 heavy (non-hydrogen) atoms. The second kappa shape index (κ2) is 9.46. The molecule has 1 amide bonds. The highest BCUT2D eigenvalue weighted by Gasteiger charge is 2.29. The molecule has 1 aliphatic rings. The van der Waals surface area contributed by atoms with Gasteiger partial charge in [-0.2, -0.15) is 5.10 Å². The summed E-state index contributed by atoms with van der Waals surface area (Å²) < 4.78 is 7.43. The van der Waals surface area contributed by atoms with Crippen molar-refractivity contribution < 1.29 is 9.53 Å². The van der Waals surface area contributed by atoms with Crippen LogP contribution in [0.25, 0.3) is 0 Å². The number of nitrogens with zero attached hydrogens (tertiary/aromatic N) is 5. The van der Waals surface area contributed by atoms with Gasteiger partial charge in [-0.05, 0) is 25.5 Å². The van der Waals surface area contributed by atoms with Crippen LogP contribution in [-0.2, 0) is 22.5 Å². The summed E-state index contributed by atoms with van der Waals surface area (Å²) in [6.07, 6.45) is 0.723. The molecule has 1 aromatic carbocycles. The Labute approximate surface area is 179 Å². The van der Waals surface area contributed by atoms with Gasteiger partial charge in [0.15, 0.2) is 0 Å². The summed E-state index contributed by atoms with van der Waals surface area (Å²) in [6, 6.07) is 11.5. The van der Waals surface area contributed by atoms with Crippen LogP contribution in [0.1, 0.15) is 28.0 Å². The molecule has 1 N–H and O–H groups in total. The normalized spacial score (nSPS) is 15.8. The van der Waals surface area contributed by atoms with E-state index in [2.05, 4.69) is 31.6 Å². The van der Waals surface area contributed by atoms with Gasteiger partial charge in [-0.15, -0.1) is 10.2 Å². The van der Waals surface area contributed by atoms with Crippen LogP contribution in [0.4, 0.5) is 5.13 Å². The van der Waals surface area contributed by atoms with Crippen molar-refractivity contribution in [3.8, 4) is 0 Å². The molecule has 0 bridgehead atoms. The van der Waals surface area contributed by atoms with Crippen LogP contribution in [0.3, 0.4) is 0 Å². The number of benzene rings is 1. The van der Waals surface area contributed by atoms with Crippen molar-refractivity contribution in [1.82, 2.24) is 24.9 Å². The lowest BCUT2D eigenvalue weighted by molar-refractivity contribution is -0.123. The molecule has 0 unspecified atom stereocenters. The number of morpholine rings is 1. The fourth-order valence-electron chi connectivity index (χ4n) is 3.68. The maximum Gasteiger partial charge on any atom is 0.248 e. The molecule has 158 valence electrons. The van der Waals surface area contributed by atoms with E-state index in [4.69, 9.17) is 4.74 Å². The van der Waals surface area contributed by atoms with Gasteiger partial charge >= 0.3 is 0 Å². The number of aromatic nitrogens is 4. The monoisotopic (exact) mass is 426 g/mol. The van der Waals surface area contributed by atoms with Gasteiger partial charge in [-0.1, -0.05) is 41.7 Å². The number of nitrogens with one attached hydrogen (secondary N) is 1. The average molecular weight is 427 g/mol. The highest BCUT2D eigenvalue weighted by Crippen LogP contribution is 2.25. The fraction of sp³-hybridized carbons (Fsp3) is 0.429. The van der Waals surface area contributed by atoms with Crippen LogP contribution in [0, 0.1) is 13.8 Å². The third kappa shape index (κ3) is 4.92. The largest absolute Gasteiger partial charge is 0.379 e. The van der Waals surface area contributed by atoms with Crippen molar-refractivity contribution in [2.45, 2.75) is 32.9 Å². The summed E-state index contributed by atoms with van der Waals surface area (Å²) in [5.41, 5.74) is 3.10. The maximum atomic E-state index is 13.2. The lowest BCUT2D eigenvalue weighted by Crippen LogP contribution is -2.43. The van der Waals surface area contributed by atoms with E-state index in [-0.39, 0.29) is 11.9 Å². The molecule has 0 spiro atoms. The molecule has 2 aromatic heterocycles. The fourth-order valence-corrected chi connectivity index (χ4v) is 4.41. The Kier molecular flexibility index (Phi) is 6.51. The zero-order valence-corrected chi connectivity index (χ0v) is 18.1. The van der Waals surface area contributed by atoms with Crippen LogP contribution < -0.4 is 5.32 Å². The summed E-state index contributed by atoms with van der Waals surface area (Å²) in [4.78, 5) is 15.3. The second-order valence-electron chi connectivity index (χ2n) is 7.35. The number of rotatable bonds is 7. The van der Waals surface area contributed by atoms with Crippen molar-refractivity contribution in [2.24, 2.45) is 0 Å². The SMILES string of the molecule is Cc1cc(C)n(CCc2nnc(NC(=O)[C@@H](c3ccccc3)N3CCOCC3)s2)n1. The van der Waals surface area contributed by atoms with Crippen molar-refractivity contribution in [3.05, 3.63) is 58.4 Å². The van der Waals surface area contributed by atoms with Gasteiger partial charge in [0.2, 0.25) is 11.0 Å². The molecule has 1 atom stereocenters. The van der Waals surface area contributed by atoms with E-state index in [1.807, 2.05) is 48.9 Å². The van der Waals surface area contributed by atoms with Crippen molar-refractivity contribution in [3.63, 3.8) is 0 Å². The molecule has 1 saturated heterocycles. The molecule has 3 aromatic rings. The molecule has 4 rings (SSSR count). The number of aryl methyl sites for hydroxylation is 4. The maximum absolute atomic E-state index is 13.2. The van der Waals surface area contributed by atoms with Gasteiger partial charge in [0.05, 0.1) is 18.9 Å². The van der Waals surface area contributed by atoms with E-state index in [0.29, 0.717) is 18.3 Å². The van der Waals surface area contributed by atoms with E-state index in [9.17, 15) is 4.79 Å². The molecule has 1 fully saturated rings. The Balaban J connectivity index is 1.43. The molecule has 0 saturated carbocycles. The zero-order valence-electron chi connectivity index (χ0n) is 17.2. The Morgan fingerprint density at radius 3 is 2.67 bits per heavy atom. The third-order valence-corrected chi connectivity index (χ3v) is 6.01. The van der Waals surface area contributed by atoms with Gasteiger partial charge in [0.25, 0.3) is 0 Å². The topological polar surface area (TPSA) is 85.2 Å². The lowest BCUT2D eigenvalue weighted by atomic mass is 10.0. The minimum absolute atomic E-state index is 0.0932. The number of anilines is 1. The van der Waals surface area contributed by atoms with E-state index in [1.54, 1.807) is 0 Å². The highest BCUT2D eigenvalue weighted by atomic mass is 32.1.